The first kappa shape index (κ1) is 11.5. The minimum absolute atomic E-state index is 0.0356. The highest BCUT2D eigenvalue weighted by atomic mass is 16.2. The van der Waals surface area contributed by atoms with Crippen LogP contribution in [0, 0.1) is 5.92 Å². The lowest BCUT2D eigenvalue weighted by Gasteiger charge is -2.27. The molecule has 1 heterocycles. The van der Waals surface area contributed by atoms with Gasteiger partial charge in [0.2, 0.25) is 5.91 Å². The second-order valence-corrected chi connectivity index (χ2v) is 4.17. The Hall–Kier alpha value is -0.610. The zero-order chi connectivity index (χ0) is 10.7. The monoisotopic (exact) mass is 199 g/mol. The number of likely N-dealkylation sites (tertiary alicyclic amines) is 1. The highest BCUT2D eigenvalue weighted by Crippen LogP contribution is 2.24. The van der Waals surface area contributed by atoms with E-state index in [0.29, 0.717) is 12.0 Å². The van der Waals surface area contributed by atoms with Crippen LogP contribution in [-0.2, 0) is 4.79 Å². The smallest absolute Gasteiger partial charge is 0.236 e. The molecule has 1 aliphatic rings. The van der Waals surface area contributed by atoms with Gasteiger partial charge in [-0.15, -0.1) is 0 Å². The predicted molar refractivity (Wildman–Crippen MR) is 56.9 cm³/mol. The molecule has 4 heteroatoms. The molecule has 0 radical (unpaired) electrons. The Balaban J connectivity index is 2.56. The first-order valence-electron chi connectivity index (χ1n) is 5.27. The second-order valence-electron chi connectivity index (χ2n) is 4.17. The van der Waals surface area contributed by atoms with Crippen LogP contribution in [0.4, 0.5) is 0 Å². The molecule has 0 aromatic rings. The molecule has 0 spiro atoms. The molecule has 1 rings (SSSR count). The van der Waals surface area contributed by atoms with E-state index in [0.717, 1.165) is 19.5 Å². The van der Waals surface area contributed by atoms with E-state index in [-0.39, 0.29) is 11.9 Å². The lowest BCUT2D eigenvalue weighted by molar-refractivity contribution is -0.125. The summed E-state index contributed by atoms with van der Waals surface area (Å²) in [6.45, 7) is 5.79. The average molecular weight is 199 g/mol. The summed E-state index contributed by atoms with van der Waals surface area (Å²) in [5.74, 6) is 0.645. The molecule has 0 aromatic heterocycles. The molecule has 0 aromatic carbocycles. The van der Waals surface area contributed by atoms with E-state index < -0.39 is 0 Å². The number of amides is 1. The van der Waals surface area contributed by atoms with E-state index in [1.165, 1.54) is 0 Å². The maximum absolute atomic E-state index is 11.5. The van der Waals surface area contributed by atoms with Crippen LogP contribution in [0.1, 0.15) is 20.3 Å². The first-order chi connectivity index (χ1) is 6.60. The molecular weight excluding hydrogens is 178 g/mol. The summed E-state index contributed by atoms with van der Waals surface area (Å²) < 4.78 is 0. The predicted octanol–water partition coefficient (Wildman–Crippen LogP) is -0.210. The number of carbonyl (C=O) groups excluding carboxylic acids is 1. The van der Waals surface area contributed by atoms with Crippen molar-refractivity contribution in [2.75, 3.05) is 20.1 Å². The standard InChI is InChI=1S/C10H21N3O/c1-7-4-9(5-11)6-13(7)8(2)10(14)12-3/h7-9H,4-6,11H2,1-3H3,(H,12,14). The van der Waals surface area contributed by atoms with Crippen LogP contribution in [0.5, 0.6) is 0 Å². The molecule has 82 valence electrons. The van der Waals surface area contributed by atoms with Gasteiger partial charge in [0.1, 0.15) is 0 Å². The molecule has 1 amide bonds. The van der Waals surface area contributed by atoms with Crippen molar-refractivity contribution >= 4 is 5.91 Å². The largest absolute Gasteiger partial charge is 0.358 e. The van der Waals surface area contributed by atoms with Crippen LogP contribution in [0.3, 0.4) is 0 Å². The molecule has 3 N–H and O–H groups in total. The van der Waals surface area contributed by atoms with Gasteiger partial charge in [-0.25, -0.2) is 0 Å². The minimum atomic E-state index is -0.0356. The van der Waals surface area contributed by atoms with Gasteiger partial charge < -0.3 is 11.1 Å². The van der Waals surface area contributed by atoms with E-state index in [1.807, 2.05) is 6.92 Å². The van der Waals surface area contributed by atoms with E-state index in [2.05, 4.69) is 17.1 Å². The summed E-state index contributed by atoms with van der Waals surface area (Å²) in [4.78, 5) is 13.7. The molecule has 3 atom stereocenters. The molecule has 4 nitrogen and oxygen atoms in total. The van der Waals surface area contributed by atoms with E-state index in [1.54, 1.807) is 7.05 Å². The summed E-state index contributed by atoms with van der Waals surface area (Å²) in [6.07, 6.45) is 1.11. The average Bonchev–Trinajstić information content (AvgIpc) is 2.57. The molecule has 0 bridgehead atoms. The van der Waals surface area contributed by atoms with Gasteiger partial charge in [0.15, 0.2) is 0 Å². The van der Waals surface area contributed by atoms with Crippen molar-refractivity contribution in [2.24, 2.45) is 11.7 Å². The number of hydrogen-bond donors (Lipinski definition) is 2. The zero-order valence-electron chi connectivity index (χ0n) is 9.29. The van der Waals surface area contributed by atoms with Crippen LogP contribution >= 0.6 is 0 Å². The van der Waals surface area contributed by atoms with Crippen LogP contribution in [0.15, 0.2) is 0 Å². The highest BCUT2D eigenvalue weighted by molar-refractivity contribution is 5.81. The Bertz CT molecular complexity index is 208. The third-order valence-electron chi connectivity index (χ3n) is 3.17. The summed E-state index contributed by atoms with van der Waals surface area (Å²) in [6, 6.07) is 0.433. The Labute approximate surface area is 85.8 Å². The Morgan fingerprint density at radius 1 is 1.71 bits per heavy atom. The quantitative estimate of drug-likeness (QED) is 0.661. The third-order valence-corrected chi connectivity index (χ3v) is 3.17. The lowest BCUT2D eigenvalue weighted by atomic mass is 10.1. The van der Waals surface area contributed by atoms with Gasteiger partial charge in [-0.2, -0.15) is 0 Å². The number of carbonyl (C=O) groups is 1. The summed E-state index contributed by atoms with van der Waals surface area (Å²) >= 11 is 0. The van der Waals surface area contributed by atoms with Gasteiger partial charge in [0.25, 0.3) is 0 Å². The van der Waals surface area contributed by atoms with Crippen molar-refractivity contribution in [3.05, 3.63) is 0 Å². The fourth-order valence-electron chi connectivity index (χ4n) is 2.24. The lowest BCUT2D eigenvalue weighted by Crippen LogP contribution is -2.45. The minimum Gasteiger partial charge on any atom is -0.358 e. The molecule has 1 aliphatic heterocycles. The number of nitrogens with one attached hydrogen (secondary N) is 1. The van der Waals surface area contributed by atoms with E-state index >= 15 is 0 Å². The fraction of sp³-hybridized carbons (Fsp3) is 0.900. The van der Waals surface area contributed by atoms with E-state index in [9.17, 15) is 4.79 Å². The van der Waals surface area contributed by atoms with Gasteiger partial charge in [0, 0.05) is 19.6 Å². The molecule has 0 aliphatic carbocycles. The molecule has 1 fully saturated rings. The van der Waals surface area contributed by atoms with Crippen molar-refractivity contribution in [3.63, 3.8) is 0 Å². The van der Waals surface area contributed by atoms with Crippen molar-refractivity contribution in [1.82, 2.24) is 10.2 Å². The van der Waals surface area contributed by atoms with Gasteiger partial charge >= 0.3 is 0 Å². The Morgan fingerprint density at radius 2 is 2.36 bits per heavy atom. The number of nitrogens with zero attached hydrogens (tertiary/aromatic N) is 1. The van der Waals surface area contributed by atoms with Gasteiger partial charge in [-0.1, -0.05) is 0 Å². The molecule has 14 heavy (non-hydrogen) atoms. The van der Waals surface area contributed by atoms with Crippen molar-refractivity contribution < 1.29 is 4.79 Å². The maximum Gasteiger partial charge on any atom is 0.236 e. The number of likely N-dealkylation sites (N-methyl/N-ethyl adjacent to an activating group) is 1. The number of nitrogens with two attached hydrogens (primary N) is 1. The molecule has 3 unspecified atom stereocenters. The first-order valence-corrected chi connectivity index (χ1v) is 5.27. The number of hydrogen-bond acceptors (Lipinski definition) is 3. The second kappa shape index (κ2) is 4.75. The molecule has 1 saturated heterocycles. The summed E-state index contributed by atoms with van der Waals surface area (Å²) in [5.41, 5.74) is 5.64. The van der Waals surface area contributed by atoms with Gasteiger partial charge in [-0.3, -0.25) is 9.69 Å². The van der Waals surface area contributed by atoms with Gasteiger partial charge in [-0.05, 0) is 32.7 Å². The zero-order valence-corrected chi connectivity index (χ0v) is 9.29. The maximum atomic E-state index is 11.5. The Morgan fingerprint density at radius 3 is 2.79 bits per heavy atom. The van der Waals surface area contributed by atoms with Gasteiger partial charge in [0.05, 0.1) is 6.04 Å². The van der Waals surface area contributed by atoms with Crippen LogP contribution in [0.25, 0.3) is 0 Å². The van der Waals surface area contributed by atoms with Crippen molar-refractivity contribution in [2.45, 2.75) is 32.4 Å². The van der Waals surface area contributed by atoms with Crippen molar-refractivity contribution in [1.29, 1.82) is 0 Å². The SMILES string of the molecule is CNC(=O)C(C)N1CC(CN)CC1C. The van der Waals surface area contributed by atoms with Crippen LogP contribution < -0.4 is 11.1 Å². The van der Waals surface area contributed by atoms with Crippen LogP contribution in [-0.4, -0.2) is 43.0 Å². The Kier molecular flexibility index (Phi) is 3.89. The normalized spacial score (nSPS) is 30.3. The van der Waals surface area contributed by atoms with Crippen molar-refractivity contribution in [3.8, 4) is 0 Å². The molecular formula is C10H21N3O. The summed E-state index contributed by atoms with van der Waals surface area (Å²) in [5, 5.41) is 2.68. The highest BCUT2D eigenvalue weighted by Gasteiger charge is 2.33. The number of rotatable bonds is 3. The fourth-order valence-corrected chi connectivity index (χ4v) is 2.24. The summed E-state index contributed by atoms with van der Waals surface area (Å²) in [7, 11) is 1.68. The van der Waals surface area contributed by atoms with E-state index in [4.69, 9.17) is 5.73 Å². The topological polar surface area (TPSA) is 58.4 Å². The molecule has 0 saturated carbocycles. The van der Waals surface area contributed by atoms with Crippen LogP contribution in [0.2, 0.25) is 0 Å². The third kappa shape index (κ3) is 2.25.